The number of amides is 2. The van der Waals surface area contributed by atoms with Gasteiger partial charge in [0.2, 0.25) is 5.91 Å². The van der Waals surface area contributed by atoms with E-state index in [9.17, 15) is 9.59 Å². The third-order valence-electron chi connectivity index (χ3n) is 5.06. The first-order chi connectivity index (χ1) is 11.1. The van der Waals surface area contributed by atoms with E-state index < -0.39 is 0 Å². The Labute approximate surface area is 133 Å². The molecule has 2 aliphatic rings. The molecular weight excluding hydrogens is 294 g/mol. The van der Waals surface area contributed by atoms with Gasteiger partial charge in [0, 0.05) is 44.4 Å². The van der Waals surface area contributed by atoms with Crippen LogP contribution in [0, 0.1) is 6.92 Å². The number of carbonyl (C=O) groups excluding carboxylic acids is 2. The van der Waals surface area contributed by atoms with Crippen LogP contribution in [0.15, 0.2) is 18.5 Å². The lowest BCUT2D eigenvalue weighted by atomic mass is 10.1. The summed E-state index contributed by atoms with van der Waals surface area (Å²) in [5.74, 6) is 0.0791. The van der Waals surface area contributed by atoms with Crippen molar-refractivity contribution in [2.75, 3.05) is 13.6 Å². The van der Waals surface area contributed by atoms with Crippen molar-refractivity contribution in [3.8, 4) is 0 Å². The maximum absolute atomic E-state index is 13.1. The highest BCUT2D eigenvalue weighted by molar-refractivity contribution is 5.96. The van der Waals surface area contributed by atoms with Crippen LogP contribution < -0.4 is 0 Å². The predicted octanol–water partition coefficient (Wildman–Crippen LogP) is 0.873. The molecule has 0 aliphatic carbocycles. The van der Waals surface area contributed by atoms with Gasteiger partial charge in [-0.25, -0.2) is 9.50 Å². The molecule has 4 heterocycles. The van der Waals surface area contributed by atoms with Gasteiger partial charge in [-0.2, -0.15) is 5.10 Å². The number of hydrogen-bond donors (Lipinski definition) is 0. The first kappa shape index (κ1) is 14.2. The molecular formula is C16H19N5O2. The molecule has 0 unspecified atom stereocenters. The van der Waals surface area contributed by atoms with Gasteiger partial charge in [0.15, 0.2) is 5.65 Å². The molecule has 0 spiro atoms. The summed E-state index contributed by atoms with van der Waals surface area (Å²) >= 11 is 0. The van der Waals surface area contributed by atoms with Crippen LogP contribution in [0.4, 0.5) is 0 Å². The standard InChI is InChI=1S/C16H19N5O2/c1-10-13(8-17-14-5-6-18-21(10)14)16(23)20-11-3-4-12(20)9-19(2)15(22)7-11/h5-6,8,11-12H,3-4,7,9H2,1-2H3/t11-,12+/m1/s1. The number of aromatic nitrogens is 3. The van der Waals surface area contributed by atoms with Crippen molar-refractivity contribution in [2.45, 2.75) is 38.3 Å². The molecule has 7 heteroatoms. The van der Waals surface area contributed by atoms with Gasteiger partial charge < -0.3 is 9.80 Å². The van der Waals surface area contributed by atoms with Gasteiger partial charge in [-0.15, -0.1) is 0 Å². The van der Waals surface area contributed by atoms with Crippen molar-refractivity contribution < 1.29 is 9.59 Å². The van der Waals surface area contributed by atoms with E-state index in [2.05, 4.69) is 10.1 Å². The van der Waals surface area contributed by atoms with Crippen molar-refractivity contribution in [1.29, 1.82) is 0 Å². The van der Waals surface area contributed by atoms with Crippen LogP contribution in [0.2, 0.25) is 0 Å². The Bertz CT molecular complexity index is 799. The highest BCUT2D eigenvalue weighted by Gasteiger charge is 2.42. The molecule has 0 N–H and O–H groups in total. The predicted molar refractivity (Wildman–Crippen MR) is 83.0 cm³/mol. The Balaban J connectivity index is 1.73. The molecule has 0 saturated carbocycles. The van der Waals surface area contributed by atoms with E-state index in [1.807, 2.05) is 24.9 Å². The smallest absolute Gasteiger partial charge is 0.257 e. The molecule has 2 aromatic rings. The van der Waals surface area contributed by atoms with Gasteiger partial charge in [-0.05, 0) is 19.8 Å². The molecule has 2 aliphatic heterocycles. The van der Waals surface area contributed by atoms with Crippen LogP contribution in [0.1, 0.15) is 35.3 Å². The first-order valence-electron chi connectivity index (χ1n) is 7.92. The van der Waals surface area contributed by atoms with E-state index in [4.69, 9.17) is 0 Å². The van der Waals surface area contributed by atoms with Crippen LogP contribution in [0.3, 0.4) is 0 Å². The molecule has 0 aromatic carbocycles. The maximum atomic E-state index is 13.1. The van der Waals surface area contributed by atoms with Gasteiger partial charge in [0.05, 0.1) is 17.5 Å². The summed E-state index contributed by atoms with van der Waals surface area (Å²) in [6, 6.07) is 1.90. The summed E-state index contributed by atoms with van der Waals surface area (Å²) in [5, 5.41) is 4.22. The van der Waals surface area contributed by atoms with E-state index in [-0.39, 0.29) is 23.9 Å². The van der Waals surface area contributed by atoms with E-state index >= 15 is 0 Å². The van der Waals surface area contributed by atoms with Crippen LogP contribution in [-0.2, 0) is 4.79 Å². The zero-order chi connectivity index (χ0) is 16.1. The summed E-state index contributed by atoms with van der Waals surface area (Å²) in [6.45, 7) is 2.49. The molecule has 23 heavy (non-hydrogen) atoms. The Morgan fingerprint density at radius 1 is 1.30 bits per heavy atom. The monoisotopic (exact) mass is 313 g/mol. The Morgan fingerprint density at radius 2 is 2.09 bits per heavy atom. The van der Waals surface area contributed by atoms with Gasteiger partial charge >= 0.3 is 0 Å². The van der Waals surface area contributed by atoms with E-state index in [0.29, 0.717) is 18.5 Å². The minimum absolute atomic E-state index is 0.00216. The SMILES string of the molecule is Cc1c(C(=O)N2[C@@H]3CC[C@H]2CN(C)C(=O)C3)cnc2ccnn12. The highest BCUT2D eigenvalue weighted by Crippen LogP contribution is 2.32. The average molecular weight is 313 g/mol. The van der Waals surface area contributed by atoms with Gasteiger partial charge in [0.25, 0.3) is 5.91 Å². The van der Waals surface area contributed by atoms with E-state index in [0.717, 1.165) is 24.2 Å². The second-order valence-corrected chi connectivity index (χ2v) is 6.43. The fraction of sp³-hybridized carbons (Fsp3) is 0.500. The number of fused-ring (bicyclic) bond motifs is 3. The number of carbonyl (C=O) groups is 2. The number of likely N-dealkylation sites (tertiary alicyclic amines) is 1. The summed E-state index contributed by atoms with van der Waals surface area (Å²) in [5.41, 5.74) is 2.08. The van der Waals surface area contributed by atoms with Crippen LogP contribution in [-0.4, -0.2) is 61.9 Å². The fourth-order valence-electron chi connectivity index (χ4n) is 3.79. The van der Waals surface area contributed by atoms with Crippen molar-refractivity contribution in [3.63, 3.8) is 0 Å². The number of rotatable bonds is 1. The Kier molecular flexibility index (Phi) is 3.11. The molecule has 2 saturated heterocycles. The van der Waals surface area contributed by atoms with Gasteiger partial charge in [-0.3, -0.25) is 9.59 Å². The second-order valence-electron chi connectivity index (χ2n) is 6.43. The van der Waals surface area contributed by atoms with E-state index in [1.165, 1.54) is 0 Å². The molecule has 4 rings (SSSR count). The first-order valence-corrected chi connectivity index (χ1v) is 7.92. The molecule has 2 fully saturated rings. The molecule has 2 atom stereocenters. The lowest BCUT2D eigenvalue weighted by Crippen LogP contribution is -2.43. The molecule has 2 bridgehead atoms. The quantitative estimate of drug-likeness (QED) is 0.783. The van der Waals surface area contributed by atoms with Gasteiger partial charge in [0.1, 0.15) is 0 Å². The molecule has 0 radical (unpaired) electrons. The zero-order valence-electron chi connectivity index (χ0n) is 13.3. The summed E-state index contributed by atoms with van der Waals surface area (Å²) < 4.78 is 1.68. The van der Waals surface area contributed by atoms with E-state index in [1.54, 1.807) is 21.8 Å². The third-order valence-corrected chi connectivity index (χ3v) is 5.06. The normalized spacial score (nSPS) is 24.3. The largest absolute Gasteiger partial charge is 0.344 e. The van der Waals surface area contributed by atoms with Gasteiger partial charge in [-0.1, -0.05) is 0 Å². The molecule has 120 valence electrons. The zero-order valence-corrected chi connectivity index (χ0v) is 13.3. The number of nitrogens with zero attached hydrogens (tertiary/aromatic N) is 5. The number of aryl methyl sites for hydroxylation is 1. The number of likely N-dealkylation sites (N-methyl/N-ethyl adjacent to an activating group) is 1. The minimum Gasteiger partial charge on any atom is -0.344 e. The van der Waals surface area contributed by atoms with Crippen molar-refractivity contribution in [2.24, 2.45) is 0 Å². The molecule has 2 aromatic heterocycles. The van der Waals surface area contributed by atoms with Crippen LogP contribution >= 0.6 is 0 Å². The fourth-order valence-corrected chi connectivity index (χ4v) is 3.79. The minimum atomic E-state index is -0.0389. The Hall–Kier alpha value is -2.44. The summed E-state index contributed by atoms with van der Waals surface area (Å²) in [4.78, 5) is 33.2. The maximum Gasteiger partial charge on any atom is 0.257 e. The van der Waals surface area contributed by atoms with Crippen molar-refractivity contribution >= 4 is 17.5 Å². The van der Waals surface area contributed by atoms with Crippen LogP contribution in [0.25, 0.3) is 5.65 Å². The topological polar surface area (TPSA) is 70.8 Å². The molecule has 7 nitrogen and oxygen atoms in total. The summed E-state index contributed by atoms with van der Waals surface area (Å²) in [7, 11) is 1.81. The second kappa shape index (κ2) is 5.04. The summed E-state index contributed by atoms with van der Waals surface area (Å²) in [6.07, 6.45) is 5.56. The van der Waals surface area contributed by atoms with Crippen molar-refractivity contribution in [1.82, 2.24) is 24.4 Å². The number of hydrogen-bond acceptors (Lipinski definition) is 4. The highest BCUT2D eigenvalue weighted by atomic mass is 16.2. The van der Waals surface area contributed by atoms with Crippen molar-refractivity contribution in [3.05, 3.63) is 29.7 Å². The Morgan fingerprint density at radius 3 is 2.91 bits per heavy atom. The lowest BCUT2D eigenvalue weighted by Gasteiger charge is -2.28. The van der Waals surface area contributed by atoms with Crippen LogP contribution in [0.5, 0.6) is 0 Å². The molecule has 2 amide bonds. The lowest BCUT2D eigenvalue weighted by molar-refractivity contribution is -0.130. The third kappa shape index (κ3) is 2.10. The average Bonchev–Trinajstić information content (AvgIpc) is 3.11.